The number of nitro groups is 1. The summed E-state index contributed by atoms with van der Waals surface area (Å²) in [5.41, 5.74) is 0.0843. The van der Waals surface area contributed by atoms with Gasteiger partial charge in [-0.3, -0.25) is 19.7 Å². The fraction of sp³-hybridized carbons (Fsp3) is 0.263. The highest BCUT2D eigenvalue weighted by atomic mass is 16.6. The van der Waals surface area contributed by atoms with Crippen LogP contribution < -0.4 is 10.6 Å². The van der Waals surface area contributed by atoms with Crippen LogP contribution in [0, 0.1) is 10.1 Å². The summed E-state index contributed by atoms with van der Waals surface area (Å²) in [5.74, 6) is -0.607. The van der Waals surface area contributed by atoms with Crippen LogP contribution in [0.1, 0.15) is 22.5 Å². The lowest BCUT2D eigenvalue weighted by atomic mass is 10.2. The highest BCUT2D eigenvalue weighted by molar-refractivity contribution is 6.05. The number of carbonyl (C=O) groups is 2. The van der Waals surface area contributed by atoms with Gasteiger partial charge in [-0.1, -0.05) is 0 Å². The molecule has 0 aliphatic rings. The number of furan rings is 1. The first-order chi connectivity index (χ1) is 13.4. The molecule has 0 bridgehead atoms. The summed E-state index contributed by atoms with van der Waals surface area (Å²) >= 11 is 0. The summed E-state index contributed by atoms with van der Waals surface area (Å²) in [6.45, 7) is 1.26. The molecule has 2 rings (SSSR count). The zero-order valence-corrected chi connectivity index (χ0v) is 15.7. The lowest BCUT2D eigenvalue weighted by Crippen LogP contribution is -2.36. The smallest absolute Gasteiger partial charge is 0.269 e. The number of nitro benzene ring substituents is 1. The lowest BCUT2D eigenvalue weighted by Gasteiger charge is -2.12. The third-order valence-electron chi connectivity index (χ3n) is 3.73. The molecule has 0 saturated heterocycles. The largest absolute Gasteiger partial charge is 0.465 e. The Morgan fingerprint density at radius 2 is 1.93 bits per heavy atom. The molecule has 1 aromatic carbocycles. The molecule has 0 aliphatic heterocycles. The second-order valence-electron chi connectivity index (χ2n) is 6.24. The van der Waals surface area contributed by atoms with Crippen LogP contribution in [0.5, 0.6) is 0 Å². The van der Waals surface area contributed by atoms with Gasteiger partial charge in [0, 0.05) is 30.3 Å². The molecule has 0 fully saturated rings. The van der Waals surface area contributed by atoms with E-state index in [4.69, 9.17) is 4.42 Å². The number of non-ortho nitro benzene ring substituents is 1. The molecular formula is C19H22N4O5. The Bertz CT molecular complexity index is 842. The SMILES string of the molecule is CN(C)CCCNC(=O)C(=Cc1ccco1)NC(=O)c1ccc([N+](=O)[O-])cc1. The number of nitrogens with zero attached hydrogens (tertiary/aromatic N) is 2. The minimum Gasteiger partial charge on any atom is -0.465 e. The molecule has 2 amide bonds. The number of benzene rings is 1. The van der Waals surface area contributed by atoms with Crippen molar-refractivity contribution >= 4 is 23.6 Å². The summed E-state index contributed by atoms with van der Waals surface area (Å²) < 4.78 is 5.21. The van der Waals surface area contributed by atoms with Crippen LogP contribution in [0.25, 0.3) is 6.08 Å². The van der Waals surface area contributed by atoms with Crippen molar-refractivity contribution in [1.82, 2.24) is 15.5 Å². The van der Waals surface area contributed by atoms with Gasteiger partial charge in [-0.05, 0) is 51.3 Å². The molecule has 9 heteroatoms. The fourth-order valence-corrected chi connectivity index (χ4v) is 2.30. The first kappa shape index (κ1) is 20.8. The quantitative estimate of drug-likeness (QED) is 0.295. The standard InChI is InChI=1S/C19H22N4O5/c1-22(2)11-4-10-20-19(25)17(13-16-5-3-12-28-16)21-18(24)14-6-8-15(9-7-14)23(26)27/h3,5-9,12-13H,4,10-11H2,1-2H3,(H,20,25)(H,21,24). The highest BCUT2D eigenvalue weighted by Gasteiger charge is 2.16. The van der Waals surface area contributed by atoms with E-state index in [1.54, 1.807) is 12.1 Å². The molecule has 0 saturated carbocycles. The van der Waals surface area contributed by atoms with Gasteiger partial charge in [-0.25, -0.2) is 0 Å². The molecule has 0 atom stereocenters. The predicted molar refractivity (Wildman–Crippen MR) is 103 cm³/mol. The van der Waals surface area contributed by atoms with Crippen molar-refractivity contribution in [2.24, 2.45) is 0 Å². The molecule has 2 N–H and O–H groups in total. The number of carbonyl (C=O) groups excluding carboxylic acids is 2. The second kappa shape index (κ2) is 10.0. The average Bonchev–Trinajstić information content (AvgIpc) is 3.17. The monoisotopic (exact) mass is 386 g/mol. The van der Waals surface area contributed by atoms with E-state index >= 15 is 0 Å². The number of hydrogen-bond acceptors (Lipinski definition) is 6. The van der Waals surface area contributed by atoms with Crippen molar-refractivity contribution in [1.29, 1.82) is 0 Å². The van der Waals surface area contributed by atoms with Crippen LogP contribution in [0.3, 0.4) is 0 Å². The summed E-state index contributed by atoms with van der Waals surface area (Å²) in [6, 6.07) is 8.42. The Morgan fingerprint density at radius 1 is 1.21 bits per heavy atom. The zero-order valence-electron chi connectivity index (χ0n) is 15.7. The number of rotatable bonds is 9. The van der Waals surface area contributed by atoms with Crippen molar-refractivity contribution in [2.45, 2.75) is 6.42 Å². The van der Waals surface area contributed by atoms with Crippen LogP contribution >= 0.6 is 0 Å². The summed E-state index contributed by atoms with van der Waals surface area (Å²) in [5, 5.41) is 16.0. The molecule has 0 aliphatic carbocycles. The fourth-order valence-electron chi connectivity index (χ4n) is 2.30. The number of amides is 2. The van der Waals surface area contributed by atoms with Gasteiger partial charge in [-0.15, -0.1) is 0 Å². The zero-order chi connectivity index (χ0) is 20.5. The number of hydrogen-bond donors (Lipinski definition) is 2. The van der Waals surface area contributed by atoms with E-state index < -0.39 is 16.7 Å². The predicted octanol–water partition coefficient (Wildman–Crippen LogP) is 2.03. The van der Waals surface area contributed by atoms with Crippen LogP contribution in [0.4, 0.5) is 5.69 Å². The van der Waals surface area contributed by atoms with Crippen molar-refractivity contribution < 1.29 is 18.9 Å². The van der Waals surface area contributed by atoms with Gasteiger partial charge in [0.05, 0.1) is 11.2 Å². The molecule has 1 aromatic heterocycles. The Balaban J connectivity index is 2.09. The first-order valence-electron chi connectivity index (χ1n) is 8.61. The molecule has 0 unspecified atom stereocenters. The van der Waals surface area contributed by atoms with Gasteiger partial charge < -0.3 is 20.0 Å². The van der Waals surface area contributed by atoms with Gasteiger partial charge in [0.2, 0.25) is 0 Å². The van der Waals surface area contributed by atoms with E-state index in [0.29, 0.717) is 12.3 Å². The van der Waals surface area contributed by atoms with Crippen molar-refractivity contribution in [3.8, 4) is 0 Å². The van der Waals surface area contributed by atoms with E-state index in [0.717, 1.165) is 13.0 Å². The Hall–Kier alpha value is -3.46. The summed E-state index contributed by atoms with van der Waals surface area (Å²) in [4.78, 5) is 37.1. The first-order valence-corrected chi connectivity index (χ1v) is 8.61. The topological polar surface area (TPSA) is 118 Å². The molecule has 0 radical (unpaired) electrons. The summed E-state index contributed by atoms with van der Waals surface area (Å²) in [6.07, 6.45) is 3.63. The molecule has 1 heterocycles. The van der Waals surface area contributed by atoms with Crippen molar-refractivity contribution in [3.63, 3.8) is 0 Å². The van der Waals surface area contributed by atoms with E-state index in [2.05, 4.69) is 10.6 Å². The Labute approximate surface area is 162 Å². The lowest BCUT2D eigenvalue weighted by molar-refractivity contribution is -0.384. The molecule has 0 spiro atoms. The van der Waals surface area contributed by atoms with Gasteiger partial charge in [0.15, 0.2) is 0 Å². The second-order valence-corrected chi connectivity index (χ2v) is 6.24. The number of nitrogens with one attached hydrogen (secondary N) is 2. The van der Waals surface area contributed by atoms with Crippen LogP contribution in [0.15, 0.2) is 52.8 Å². The molecule has 28 heavy (non-hydrogen) atoms. The highest BCUT2D eigenvalue weighted by Crippen LogP contribution is 2.13. The Kier molecular flexibility index (Phi) is 7.46. The maximum atomic E-state index is 12.5. The van der Waals surface area contributed by atoms with Gasteiger partial charge in [0.1, 0.15) is 11.5 Å². The molecule has 2 aromatic rings. The van der Waals surface area contributed by atoms with Crippen LogP contribution in [0.2, 0.25) is 0 Å². The average molecular weight is 386 g/mol. The van der Waals surface area contributed by atoms with Crippen molar-refractivity contribution in [3.05, 3.63) is 69.8 Å². The minimum atomic E-state index is -0.559. The molecular weight excluding hydrogens is 364 g/mol. The van der Waals surface area contributed by atoms with Crippen molar-refractivity contribution in [2.75, 3.05) is 27.2 Å². The van der Waals surface area contributed by atoms with Crippen LogP contribution in [-0.2, 0) is 4.79 Å². The van der Waals surface area contributed by atoms with Gasteiger partial charge in [0.25, 0.3) is 17.5 Å². The third kappa shape index (κ3) is 6.36. The minimum absolute atomic E-state index is 0.0168. The maximum Gasteiger partial charge on any atom is 0.269 e. The molecule has 148 valence electrons. The van der Waals surface area contributed by atoms with Crippen LogP contribution in [-0.4, -0.2) is 48.8 Å². The van der Waals surface area contributed by atoms with Gasteiger partial charge >= 0.3 is 0 Å². The summed E-state index contributed by atoms with van der Waals surface area (Å²) in [7, 11) is 3.88. The van der Waals surface area contributed by atoms with Gasteiger partial charge in [-0.2, -0.15) is 0 Å². The maximum absolute atomic E-state index is 12.5. The van der Waals surface area contributed by atoms with E-state index in [1.165, 1.54) is 36.6 Å². The van der Waals surface area contributed by atoms with E-state index in [9.17, 15) is 19.7 Å². The normalized spacial score (nSPS) is 11.3. The third-order valence-corrected chi connectivity index (χ3v) is 3.73. The van der Waals surface area contributed by atoms with E-state index in [1.807, 2.05) is 19.0 Å². The Morgan fingerprint density at radius 3 is 2.50 bits per heavy atom. The molecule has 9 nitrogen and oxygen atoms in total. The van der Waals surface area contributed by atoms with E-state index in [-0.39, 0.29) is 16.9 Å².